The van der Waals surface area contributed by atoms with Gasteiger partial charge in [0.25, 0.3) is 0 Å². The maximum atomic E-state index is 13.3. The SMILES string of the molecule is NC(=O)C12CC3CC(C1)C(NC(=O)CN1CCCN(c4ccc(Br)cc4Cl)S1(=O)=O)C(C3)C2. The Balaban J connectivity index is 1.28. The molecule has 2 atom stereocenters. The quantitative estimate of drug-likeness (QED) is 0.577. The van der Waals surface area contributed by atoms with Gasteiger partial charge in [-0.2, -0.15) is 12.7 Å². The van der Waals surface area contributed by atoms with E-state index in [4.69, 9.17) is 17.3 Å². The van der Waals surface area contributed by atoms with Crippen LogP contribution in [-0.4, -0.2) is 50.2 Å². The molecule has 2 unspecified atom stereocenters. The number of halogens is 2. The van der Waals surface area contributed by atoms with Gasteiger partial charge >= 0.3 is 10.2 Å². The van der Waals surface area contributed by atoms with E-state index < -0.39 is 15.6 Å². The van der Waals surface area contributed by atoms with Gasteiger partial charge < -0.3 is 11.1 Å². The number of hydrogen-bond acceptors (Lipinski definition) is 4. The van der Waals surface area contributed by atoms with Crippen LogP contribution >= 0.6 is 27.5 Å². The maximum absolute atomic E-state index is 13.3. The lowest BCUT2D eigenvalue weighted by Crippen LogP contribution is -2.63. The fraction of sp³-hybridized carbons (Fsp3) is 0.636. The van der Waals surface area contributed by atoms with Crippen molar-refractivity contribution in [2.24, 2.45) is 28.9 Å². The summed E-state index contributed by atoms with van der Waals surface area (Å²) in [6.45, 7) is 0.364. The Labute approximate surface area is 207 Å². The van der Waals surface area contributed by atoms with Gasteiger partial charge in [-0.15, -0.1) is 0 Å². The molecule has 1 saturated heterocycles. The molecule has 2 amide bonds. The van der Waals surface area contributed by atoms with Gasteiger partial charge in [0.05, 0.1) is 17.3 Å². The van der Waals surface area contributed by atoms with Crippen molar-refractivity contribution < 1.29 is 18.0 Å². The molecule has 1 aromatic carbocycles. The Morgan fingerprint density at radius 2 is 1.88 bits per heavy atom. The number of carbonyl (C=O) groups excluding carboxylic acids is 2. The predicted octanol–water partition coefficient (Wildman–Crippen LogP) is 2.66. The van der Waals surface area contributed by atoms with Crippen molar-refractivity contribution in [2.45, 2.75) is 44.6 Å². The predicted molar refractivity (Wildman–Crippen MR) is 129 cm³/mol. The minimum absolute atomic E-state index is 0.0222. The average Bonchev–Trinajstić information content (AvgIpc) is 2.72. The first-order chi connectivity index (χ1) is 15.6. The lowest BCUT2D eigenvalue weighted by molar-refractivity contribution is -0.147. The van der Waals surface area contributed by atoms with E-state index in [0.29, 0.717) is 29.6 Å². The smallest absolute Gasteiger partial charge is 0.304 e. The second-order valence-corrected chi connectivity index (χ2v) is 13.2. The molecule has 5 aliphatic rings. The summed E-state index contributed by atoms with van der Waals surface area (Å²) in [5, 5.41) is 3.46. The topological polar surface area (TPSA) is 113 Å². The minimum atomic E-state index is -3.89. The molecule has 4 aliphatic carbocycles. The highest BCUT2D eigenvalue weighted by molar-refractivity contribution is 9.10. The van der Waals surface area contributed by atoms with E-state index in [2.05, 4.69) is 21.2 Å². The number of nitrogens with one attached hydrogen (secondary N) is 1. The van der Waals surface area contributed by atoms with Crippen molar-refractivity contribution in [1.29, 1.82) is 0 Å². The highest BCUT2D eigenvalue weighted by Crippen LogP contribution is 2.59. The zero-order chi connectivity index (χ0) is 23.5. The molecule has 1 aliphatic heterocycles. The summed E-state index contributed by atoms with van der Waals surface area (Å²) >= 11 is 9.65. The molecule has 3 N–H and O–H groups in total. The zero-order valence-electron chi connectivity index (χ0n) is 18.2. The molecular formula is C22H28BrClN4O4S. The molecule has 0 aromatic heterocycles. The lowest BCUT2D eigenvalue weighted by Gasteiger charge is -2.58. The van der Waals surface area contributed by atoms with E-state index >= 15 is 0 Å². The number of carbonyl (C=O) groups is 2. The molecule has 1 heterocycles. The van der Waals surface area contributed by atoms with E-state index in [1.807, 2.05) is 0 Å². The van der Waals surface area contributed by atoms with Gasteiger partial charge in [-0.3, -0.25) is 13.9 Å². The number of benzene rings is 1. The first kappa shape index (κ1) is 23.4. The van der Waals surface area contributed by atoms with E-state index in [0.717, 1.165) is 36.6 Å². The van der Waals surface area contributed by atoms with Gasteiger partial charge in [-0.25, -0.2) is 0 Å². The van der Waals surface area contributed by atoms with Crippen LogP contribution in [0.1, 0.15) is 38.5 Å². The van der Waals surface area contributed by atoms with E-state index in [1.54, 1.807) is 18.2 Å². The third-order valence-electron chi connectivity index (χ3n) is 8.00. The Bertz CT molecular complexity index is 1080. The van der Waals surface area contributed by atoms with Crippen LogP contribution in [-0.2, 0) is 19.8 Å². The van der Waals surface area contributed by atoms with Gasteiger partial charge in [-0.1, -0.05) is 27.5 Å². The molecular weight excluding hydrogens is 532 g/mol. The first-order valence-electron chi connectivity index (χ1n) is 11.4. The number of nitrogens with zero attached hydrogens (tertiary/aromatic N) is 2. The molecule has 33 heavy (non-hydrogen) atoms. The van der Waals surface area contributed by atoms with Crippen LogP contribution in [0.3, 0.4) is 0 Å². The third-order valence-corrected chi connectivity index (χ3v) is 10.7. The van der Waals surface area contributed by atoms with Crippen molar-refractivity contribution in [3.63, 3.8) is 0 Å². The summed E-state index contributed by atoms with van der Waals surface area (Å²) in [5.41, 5.74) is 5.74. The largest absolute Gasteiger partial charge is 0.369 e. The number of nitrogens with two attached hydrogens (primary N) is 1. The molecule has 11 heteroatoms. The van der Waals surface area contributed by atoms with Gasteiger partial charge in [0.15, 0.2) is 0 Å². The summed E-state index contributed by atoms with van der Waals surface area (Å²) < 4.78 is 29.8. The third kappa shape index (κ3) is 4.06. The van der Waals surface area contributed by atoms with E-state index in [1.165, 1.54) is 8.61 Å². The van der Waals surface area contributed by atoms with Crippen LogP contribution in [0.25, 0.3) is 0 Å². The Kier molecular flexibility index (Phi) is 5.95. The first-order valence-corrected chi connectivity index (χ1v) is 14.0. The molecule has 5 fully saturated rings. The van der Waals surface area contributed by atoms with Crippen LogP contribution in [0, 0.1) is 23.2 Å². The fourth-order valence-corrected chi connectivity index (χ4v) is 9.32. The standard InChI is InChI=1S/C22H28BrClN4O4S/c23-16-2-3-18(17(24)8-16)28-5-1-4-27(33(28,31)32)12-19(29)26-20-14-6-13-7-15(20)11-22(9-13,10-14)21(25)30/h2-3,8,13-15,20H,1,4-7,9-12H2,(H2,25,30)(H,26,29). The summed E-state index contributed by atoms with van der Waals surface area (Å²) in [5.74, 6) is 0.438. The van der Waals surface area contributed by atoms with Crippen LogP contribution in [0.2, 0.25) is 5.02 Å². The Hall–Kier alpha value is -1.36. The number of amides is 2. The van der Waals surface area contributed by atoms with Crippen molar-refractivity contribution in [1.82, 2.24) is 9.62 Å². The fourth-order valence-electron chi connectivity index (χ4n) is 6.80. The molecule has 8 nitrogen and oxygen atoms in total. The average molecular weight is 560 g/mol. The monoisotopic (exact) mass is 558 g/mol. The number of rotatable bonds is 5. The van der Waals surface area contributed by atoms with Crippen LogP contribution in [0.5, 0.6) is 0 Å². The molecule has 4 bridgehead atoms. The lowest BCUT2D eigenvalue weighted by atomic mass is 9.47. The highest BCUT2D eigenvalue weighted by Gasteiger charge is 2.58. The molecule has 0 spiro atoms. The Morgan fingerprint density at radius 3 is 2.52 bits per heavy atom. The molecule has 4 saturated carbocycles. The second-order valence-electron chi connectivity index (χ2n) is 10.1. The number of hydrogen-bond donors (Lipinski definition) is 2. The second kappa shape index (κ2) is 8.39. The summed E-state index contributed by atoms with van der Waals surface area (Å²) in [6.07, 6.45) is 4.89. The van der Waals surface area contributed by atoms with Gasteiger partial charge in [0.1, 0.15) is 0 Å². The normalized spacial score (nSPS) is 34.9. The van der Waals surface area contributed by atoms with Crippen molar-refractivity contribution in [2.75, 3.05) is 23.9 Å². The molecule has 0 radical (unpaired) electrons. The summed E-state index contributed by atoms with van der Waals surface area (Å²) in [7, 11) is -3.89. The Morgan fingerprint density at radius 1 is 1.18 bits per heavy atom. The van der Waals surface area contributed by atoms with Gasteiger partial charge in [0.2, 0.25) is 11.8 Å². The van der Waals surface area contributed by atoms with Crippen molar-refractivity contribution in [3.05, 3.63) is 27.7 Å². The number of anilines is 1. The van der Waals surface area contributed by atoms with Crippen molar-refractivity contribution in [3.8, 4) is 0 Å². The van der Waals surface area contributed by atoms with Crippen LogP contribution in [0.15, 0.2) is 22.7 Å². The zero-order valence-corrected chi connectivity index (χ0v) is 21.3. The summed E-state index contributed by atoms with van der Waals surface area (Å²) in [4.78, 5) is 25.2. The maximum Gasteiger partial charge on any atom is 0.304 e. The molecule has 1 aromatic rings. The molecule has 6 rings (SSSR count). The highest BCUT2D eigenvalue weighted by atomic mass is 79.9. The number of primary amides is 1. The van der Waals surface area contributed by atoms with Crippen LogP contribution in [0.4, 0.5) is 5.69 Å². The van der Waals surface area contributed by atoms with Crippen LogP contribution < -0.4 is 15.4 Å². The molecule has 180 valence electrons. The summed E-state index contributed by atoms with van der Waals surface area (Å²) in [6, 6.07) is 5.04. The van der Waals surface area contributed by atoms with Gasteiger partial charge in [-0.05, 0) is 74.5 Å². The van der Waals surface area contributed by atoms with Crippen molar-refractivity contribution >= 4 is 55.2 Å². The van der Waals surface area contributed by atoms with E-state index in [9.17, 15) is 18.0 Å². The van der Waals surface area contributed by atoms with E-state index in [-0.39, 0.29) is 42.8 Å². The minimum Gasteiger partial charge on any atom is -0.369 e. The van der Waals surface area contributed by atoms with Gasteiger partial charge in [0, 0.05) is 29.0 Å².